The molecule has 5 nitrogen and oxygen atoms in total. The van der Waals surface area contributed by atoms with Crippen LogP contribution in [0.2, 0.25) is 0 Å². The number of nitrogens with zero attached hydrogens (tertiary/aromatic N) is 1. The minimum absolute atomic E-state index is 0.0199. The number of hydrogen-bond donors (Lipinski definition) is 3. The molecule has 8 bridgehead atoms. The van der Waals surface area contributed by atoms with Crippen LogP contribution in [-0.4, -0.2) is 70.9 Å². The van der Waals surface area contributed by atoms with Crippen molar-refractivity contribution in [2.24, 2.45) is 69.5 Å². The van der Waals surface area contributed by atoms with Crippen molar-refractivity contribution in [1.82, 2.24) is 4.90 Å². The molecule has 0 amide bonds. The number of ether oxygens (including phenoxy) is 1. The van der Waals surface area contributed by atoms with Gasteiger partial charge in [0.1, 0.15) is 0 Å². The van der Waals surface area contributed by atoms with Crippen molar-refractivity contribution in [1.29, 1.82) is 0 Å². The number of fused-ring (bicyclic) bond motifs is 13. The van der Waals surface area contributed by atoms with E-state index in [9.17, 15) is 15.3 Å². The lowest BCUT2D eigenvalue weighted by Crippen LogP contribution is -2.64. The molecule has 0 saturated heterocycles. The van der Waals surface area contributed by atoms with Gasteiger partial charge in [-0.25, -0.2) is 0 Å². The first kappa shape index (κ1) is 111. The Morgan fingerprint density at radius 1 is 0.297 bits per heavy atom. The first-order valence-corrected chi connectivity index (χ1v) is 58.3. The molecule has 764 valence electrons. The van der Waals surface area contributed by atoms with Crippen LogP contribution >= 0.6 is 0 Å². The number of rotatable bonds is 37. The molecule has 15 aliphatic rings. The van der Waals surface area contributed by atoms with Gasteiger partial charge in [-0.1, -0.05) is 393 Å². The summed E-state index contributed by atoms with van der Waals surface area (Å²) in [4.78, 5) is 2.65. The molecular weight excluding hydrogens is 1680 g/mol. The molecule has 5 heteroatoms. The van der Waals surface area contributed by atoms with E-state index in [4.69, 9.17) is 4.74 Å². The maximum atomic E-state index is 11.2. The van der Waals surface area contributed by atoms with Crippen LogP contribution in [0.3, 0.4) is 0 Å². The normalized spacial score (nSPS) is 29.8. The molecule has 0 heterocycles. The molecule has 22 rings (SSSR count). The Morgan fingerprint density at radius 3 is 0.964 bits per heavy atom. The van der Waals surface area contributed by atoms with E-state index in [1.165, 1.54) is 306 Å². The summed E-state index contributed by atoms with van der Waals surface area (Å²) in [6.07, 6.45) is 66.4. The lowest BCUT2D eigenvalue weighted by atomic mass is 9.49. The van der Waals surface area contributed by atoms with Gasteiger partial charge >= 0.3 is 0 Å². The van der Waals surface area contributed by atoms with Crippen molar-refractivity contribution in [2.75, 3.05) is 26.8 Å². The third-order valence-corrected chi connectivity index (χ3v) is 38.3. The highest BCUT2D eigenvalue weighted by atomic mass is 16.5. The second kappa shape index (κ2) is 54.5. The molecule has 0 spiro atoms. The molecule has 1 unspecified atom stereocenters. The van der Waals surface area contributed by atoms with E-state index in [1.807, 2.05) is 0 Å². The van der Waals surface area contributed by atoms with Crippen molar-refractivity contribution in [2.45, 2.75) is 481 Å². The minimum Gasteiger partial charge on any atom is -0.392 e. The van der Waals surface area contributed by atoms with Crippen LogP contribution in [0.15, 0.2) is 206 Å². The molecule has 4 atom stereocenters. The monoisotopic (exact) mass is 1880 g/mol. The summed E-state index contributed by atoms with van der Waals surface area (Å²) in [6.45, 7) is 35.4. The van der Waals surface area contributed by atoms with Gasteiger partial charge in [-0.2, -0.15) is 0 Å². The third-order valence-electron chi connectivity index (χ3n) is 38.3. The molecule has 0 aliphatic heterocycles. The number of aliphatic hydroxyl groups excluding tert-OH is 3. The summed E-state index contributed by atoms with van der Waals surface area (Å²) in [7, 11) is 1.79. The number of methoxy groups -OCH3 is 1. The summed E-state index contributed by atoms with van der Waals surface area (Å²) < 4.78 is 5.38. The second-order valence-electron chi connectivity index (χ2n) is 50.8. The molecule has 3 N–H and O–H groups in total. The van der Waals surface area contributed by atoms with Crippen LogP contribution in [0.25, 0.3) is 0 Å². The topological polar surface area (TPSA) is 73.2 Å². The first-order valence-electron chi connectivity index (χ1n) is 58.3. The summed E-state index contributed by atoms with van der Waals surface area (Å²) in [5.41, 5.74) is 14.5. The summed E-state index contributed by atoms with van der Waals surface area (Å²) in [5.74, 6) is 10.4. The zero-order valence-corrected chi connectivity index (χ0v) is 91.0. The minimum atomic E-state index is -0.235. The Balaban J connectivity index is 0.000000145. The average molecular weight is 1880 g/mol. The van der Waals surface area contributed by atoms with Gasteiger partial charge in [-0.15, -0.1) is 0 Å². The van der Waals surface area contributed by atoms with Crippen LogP contribution in [0, 0.1) is 69.5 Å². The Labute approximate surface area is 847 Å². The standard InChI is InChI=1S/C22H35NO2.2C20H30O.C20H30.2C18H28.C15H22/c1-18(2)9-14-23(15-16-25-3)21-10-12-22(13-11-21,20(24)17-21)19-7-5-4-6-8-19;2*1-16(2)7-6-10-19-11-13-20(14-12-19,18(21)15-19)17-8-4-3-5-9-17;1-17(2)7-6-10-19-11-14-20(15-12-19,16-13-19)18-8-4-3-5-9-18;2*1-15(2)7-6-8-16-11-13-18(14-12-16)17-9-4-3-5-10-17;1-12(2)6-5-8-14-11-10-13-7-3-4-9-15(13)14/h4-8,18,20,24H,9-17H2,1-3H3;2*3-5,8-9,16,18,21H,6-7,10-15H2,1-2H3;3-5,8-9,17H,6-7,10-16H2,1-2H3;2*3-5,9-10,15-16,18H,6-8,11-14H2,1-2H3;3-4,7,9,12,14H,5-6,8,10-11H2,1-2H3/t20-,21?,22?;2*18-,19?,20?;;;;/m110..../s1. The number of aliphatic hydroxyl groups is 3. The van der Waals surface area contributed by atoms with E-state index in [-0.39, 0.29) is 40.1 Å². The van der Waals surface area contributed by atoms with E-state index in [0.29, 0.717) is 22.2 Å². The molecule has 0 radical (unpaired) electrons. The fourth-order valence-electron chi connectivity index (χ4n) is 29.0. The fourth-order valence-corrected chi connectivity index (χ4v) is 29.0. The van der Waals surface area contributed by atoms with E-state index < -0.39 is 0 Å². The Morgan fingerprint density at radius 2 is 0.609 bits per heavy atom. The van der Waals surface area contributed by atoms with Gasteiger partial charge in [-0.05, 0) is 375 Å². The SMILES string of the molecule is CC(C)CCCC12CCC(c3ccccc3)(CC1)CC2.CC(C)CCCC12CCC(c3ccccc3)(CC1)[C@@H](O)C2.CC(C)CCCC12CCC(c3ccccc3)(CC1)[C@H](O)C2.CC(C)CCCC1CCC(c2ccccc2)CC1.CC(C)CCCC1CCC(c2ccccc2)CC1.CC(C)CCCC1CCc2ccccc21.COCCN(CCC(C)C)C12CCC(c3ccccc3)(CC1)[C@H](O)C2. The third kappa shape index (κ3) is 31.2. The summed E-state index contributed by atoms with van der Waals surface area (Å²) in [5, 5.41) is 32.9. The lowest BCUT2D eigenvalue weighted by Gasteiger charge is -2.60. The van der Waals surface area contributed by atoms with E-state index in [0.717, 1.165) is 122 Å². The van der Waals surface area contributed by atoms with Crippen LogP contribution in [0.1, 0.15) is 474 Å². The predicted molar refractivity (Wildman–Crippen MR) is 592 cm³/mol. The Bertz CT molecular complexity index is 4230. The molecule has 0 aromatic heterocycles. The smallest absolute Gasteiger partial charge is 0.0654 e. The van der Waals surface area contributed by atoms with Crippen molar-refractivity contribution in [3.8, 4) is 0 Å². The molecular formula is C133H203NO4. The first-order chi connectivity index (χ1) is 66.6. The molecule has 14 saturated carbocycles. The van der Waals surface area contributed by atoms with Gasteiger partial charge < -0.3 is 20.1 Å². The van der Waals surface area contributed by atoms with E-state index in [1.54, 1.807) is 34.9 Å². The second-order valence-corrected chi connectivity index (χ2v) is 50.8. The highest BCUT2D eigenvalue weighted by Gasteiger charge is 2.59. The van der Waals surface area contributed by atoms with Crippen LogP contribution < -0.4 is 0 Å². The predicted octanol–water partition coefficient (Wildman–Crippen LogP) is 36.4. The number of hydrogen-bond acceptors (Lipinski definition) is 5. The maximum Gasteiger partial charge on any atom is 0.0654 e. The van der Waals surface area contributed by atoms with Crippen molar-refractivity contribution in [3.63, 3.8) is 0 Å². The average Bonchev–Trinajstić information content (AvgIpc) is 0.809. The van der Waals surface area contributed by atoms with Crippen LogP contribution in [0.5, 0.6) is 0 Å². The van der Waals surface area contributed by atoms with E-state index >= 15 is 0 Å². The maximum absolute atomic E-state index is 11.2. The van der Waals surface area contributed by atoms with Gasteiger partial charge in [0.2, 0.25) is 0 Å². The van der Waals surface area contributed by atoms with Gasteiger partial charge in [0.05, 0.1) is 24.9 Å². The molecule has 15 aliphatic carbocycles. The van der Waals surface area contributed by atoms with Gasteiger partial charge in [0, 0.05) is 35.4 Å². The van der Waals surface area contributed by atoms with Crippen molar-refractivity contribution >= 4 is 0 Å². The quantitative estimate of drug-likeness (QED) is 0.0362. The Kier molecular flexibility index (Phi) is 43.9. The molecule has 7 aromatic carbocycles. The zero-order chi connectivity index (χ0) is 98.1. The summed E-state index contributed by atoms with van der Waals surface area (Å²) in [6, 6.07) is 74.8. The largest absolute Gasteiger partial charge is 0.392 e. The number of aryl methyl sites for hydroxylation is 1. The fraction of sp³-hybridized carbons (Fsp3) is 0.684. The lowest BCUT2D eigenvalue weighted by molar-refractivity contribution is -0.104. The highest BCUT2D eigenvalue weighted by Crippen LogP contribution is 2.64. The molecule has 14 fully saturated rings. The molecule has 7 aromatic rings. The van der Waals surface area contributed by atoms with Crippen LogP contribution in [-0.2, 0) is 32.8 Å². The van der Waals surface area contributed by atoms with Crippen LogP contribution in [0.4, 0.5) is 0 Å². The highest BCUT2D eigenvalue weighted by molar-refractivity contribution is 5.37. The van der Waals surface area contributed by atoms with Crippen molar-refractivity contribution < 1.29 is 20.1 Å². The van der Waals surface area contributed by atoms with Gasteiger partial charge in [0.25, 0.3) is 0 Å². The summed E-state index contributed by atoms with van der Waals surface area (Å²) >= 11 is 0. The van der Waals surface area contributed by atoms with E-state index in [2.05, 4.69) is 308 Å². The van der Waals surface area contributed by atoms with Gasteiger partial charge in [0.15, 0.2) is 0 Å². The number of benzene rings is 7. The van der Waals surface area contributed by atoms with Crippen molar-refractivity contribution in [3.05, 3.63) is 251 Å². The zero-order valence-electron chi connectivity index (χ0n) is 91.0. The van der Waals surface area contributed by atoms with Gasteiger partial charge in [-0.3, -0.25) is 4.90 Å². The Hall–Kier alpha value is -5.66. The molecule has 138 heavy (non-hydrogen) atoms.